The van der Waals surface area contributed by atoms with Gasteiger partial charge in [0.15, 0.2) is 0 Å². The lowest BCUT2D eigenvalue weighted by atomic mass is 10.0. The van der Waals surface area contributed by atoms with Gasteiger partial charge in [-0.05, 0) is 26.4 Å². The van der Waals surface area contributed by atoms with E-state index in [0.29, 0.717) is 12.5 Å². The molecule has 0 rings (SSSR count). The van der Waals surface area contributed by atoms with E-state index >= 15 is 0 Å². The molecule has 0 spiro atoms. The van der Waals surface area contributed by atoms with Gasteiger partial charge >= 0.3 is 0 Å². The number of hydrogen-bond donors (Lipinski definition) is 1. The molecule has 0 aliphatic carbocycles. The van der Waals surface area contributed by atoms with Crippen LogP contribution in [0.15, 0.2) is 0 Å². The van der Waals surface area contributed by atoms with E-state index in [1.54, 1.807) is 0 Å². The predicted molar refractivity (Wildman–Crippen MR) is 69.4 cm³/mol. The fraction of sp³-hybridized carbons (Fsp3) is 1.00. The number of hydrogen-bond acceptors (Lipinski definition) is 3. The zero-order valence-electron chi connectivity index (χ0n) is 10.5. The average Bonchev–Trinajstić information content (AvgIpc) is 1.98. The Labute approximate surface area is 104 Å². The molecule has 0 aromatic rings. The van der Waals surface area contributed by atoms with Gasteiger partial charge < -0.3 is 4.90 Å². The second kappa shape index (κ2) is 7.48. The first kappa shape index (κ1) is 16.2. The molecule has 16 heavy (non-hydrogen) atoms. The molecule has 6 heteroatoms. The third-order valence-corrected chi connectivity index (χ3v) is 3.88. The van der Waals surface area contributed by atoms with Gasteiger partial charge in [0, 0.05) is 18.5 Å². The van der Waals surface area contributed by atoms with E-state index in [2.05, 4.69) is 18.6 Å². The van der Waals surface area contributed by atoms with Crippen molar-refractivity contribution in [3.05, 3.63) is 0 Å². The van der Waals surface area contributed by atoms with Crippen molar-refractivity contribution in [1.82, 2.24) is 9.62 Å². The van der Waals surface area contributed by atoms with E-state index in [4.69, 9.17) is 11.6 Å². The van der Waals surface area contributed by atoms with Gasteiger partial charge in [0.05, 0.1) is 5.75 Å². The molecule has 1 unspecified atom stereocenters. The highest BCUT2D eigenvalue weighted by molar-refractivity contribution is 7.89. The molecule has 0 bridgehead atoms. The lowest BCUT2D eigenvalue weighted by Gasteiger charge is -2.23. The highest BCUT2D eigenvalue weighted by Crippen LogP contribution is 2.07. The summed E-state index contributed by atoms with van der Waals surface area (Å²) in [6, 6.07) is -0.0387. The lowest BCUT2D eigenvalue weighted by molar-refractivity contribution is 0.329. The lowest BCUT2D eigenvalue weighted by Crippen LogP contribution is -2.43. The van der Waals surface area contributed by atoms with Crippen molar-refractivity contribution in [2.45, 2.75) is 26.3 Å². The summed E-state index contributed by atoms with van der Waals surface area (Å²) in [6.07, 6.45) is 0.833. The highest BCUT2D eigenvalue weighted by Gasteiger charge is 2.18. The Morgan fingerprint density at radius 2 is 1.88 bits per heavy atom. The third kappa shape index (κ3) is 8.33. The Balaban J connectivity index is 4.41. The minimum Gasteiger partial charge on any atom is -0.308 e. The summed E-state index contributed by atoms with van der Waals surface area (Å²) in [5, 5.41) is 0. The van der Waals surface area contributed by atoms with E-state index < -0.39 is 10.0 Å². The normalized spacial score (nSPS) is 14.7. The largest absolute Gasteiger partial charge is 0.308 e. The molecule has 4 nitrogen and oxygen atoms in total. The van der Waals surface area contributed by atoms with Crippen molar-refractivity contribution >= 4 is 21.6 Å². The summed E-state index contributed by atoms with van der Waals surface area (Å²) in [5.74, 6) is 0.575. The number of halogens is 1. The summed E-state index contributed by atoms with van der Waals surface area (Å²) in [6.45, 7) is 4.87. The summed E-state index contributed by atoms with van der Waals surface area (Å²) >= 11 is 5.45. The Kier molecular flexibility index (Phi) is 7.55. The second-order valence-electron chi connectivity index (χ2n) is 4.71. The van der Waals surface area contributed by atoms with Crippen molar-refractivity contribution in [2.75, 3.05) is 32.3 Å². The van der Waals surface area contributed by atoms with Gasteiger partial charge in [-0.15, -0.1) is 11.6 Å². The molecule has 0 fully saturated rings. The van der Waals surface area contributed by atoms with Crippen LogP contribution in [0.1, 0.15) is 20.3 Å². The van der Waals surface area contributed by atoms with E-state index in [1.165, 1.54) is 0 Å². The minimum atomic E-state index is -3.23. The monoisotopic (exact) mass is 270 g/mol. The Morgan fingerprint density at radius 3 is 2.25 bits per heavy atom. The Bertz CT molecular complexity index is 269. The first-order valence-corrected chi connectivity index (χ1v) is 7.66. The summed E-state index contributed by atoms with van der Waals surface area (Å²) in [7, 11) is 0.637. The molecule has 0 saturated carbocycles. The van der Waals surface area contributed by atoms with Crippen LogP contribution in [-0.2, 0) is 10.0 Å². The van der Waals surface area contributed by atoms with Gasteiger partial charge in [-0.25, -0.2) is 13.1 Å². The van der Waals surface area contributed by atoms with Gasteiger partial charge in [0.25, 0.3) is 0 Å². The summed E-state index contributed by atoms with van der Waals surface area (Å²) < 4.78 is 25.9. The van der Waals surface area contributed by atoms with Crippen LogP contribution in [0.5, 0.6) is 0 Å². The van der Waals surface area contributed by atoms with Gasteiger partial charge in [0.2, 0.25) is 10.0 Å². The molecule has 0 aliphatic rings. The van der Waals surface area contributed by atoms with E-state index in [0.717, 1.165) is 6.42 Å². The minimum absolute atomic E-state index is 0.0173. The number of likely N-dealkylation sites (N-methyl/N-ethyl adjacent to an activating group) is 1. The van der Waals surface area contributed by atoms with Crippen molar-refractivity contribution < 1.29 is 8.42 Å². The number of nitrogens with one attached hydrogen (secondary N) is 1. The molecule has 1 atom stereocenters. The topological polar surface area (TPSA) is 49.4 Å². The quantitative estimate of drug-likeness (QED) is 0.673. The third-order valence-electron chi connectivity index (χ3n) is 2.03. The van der Waals surface area contributed by atoms with Gasteiger partial charge in [0.1, 0.15) is 0 Å². The smallest absolute Gasteiger partial charge is 0.213 e. The maximum atomic E-state index is 11.6. The molecule has 0 amide bonds. The zero-order valence-corrected chi connectivity index (χ0v) is 12.1. The summed E-state index contributed by atoms with van der Waals surface area (Å²) in [4.78, 5) is 1.98. The molecule has 0 aromatic carbocycles. The molecule has 0 aliphatic heterocycles. The van der Waals surface area contributed by atoms with Gasteiger partial charge in [-0.1, -0.05) is 13.8 Å². The SMILES string of the molecule is CC(C)CC(CN(C)C)NS(=O)(=O)CCCl. The molecule has 1 N–H and O–H groups in total. The first-order valence-electron chi connectivity index (χ1n) is 5.47. The maximum Gasteiger partial charge on any atom is 0.213 e. The second-order valence-corrected chi connectivity index (χ2v) is 6.97. The van der Waals surface area contributed by atoms with Crippen LogP contribution >= 0.6 is 11.6 Å². The fourth-order valence-electron chi connectivity index (χ4n) is 1.58. The van der Waals surface area contributed by atoms with Crippen molar-refractivity contribution in [3.63, 3.8) is 0 Å². The molecule has 0 saturated heterocycles. The fourth-order valence-corrected chi connectivity index (χ4v) is 3.19. The van der Waals surface area contributed by atoms with Crippen LogP contribution in [0.4, 0.5) is 0 Å². The molecule has 98 valence electrons. The van der Waals surface area contributed by atoms with Crippen LogP contribution in [-0.4, -0.2) is 51.6 Å². The zero-order chi connectivity index (χ0) is 12.8. The maximum absolute atomic E-state index is 11.6. The van der Waals surface area contributed by atoms with Crippen molar-refractivity contribution in [1.29, 1.82) is 0 Å². The van der Waals surface area contributed by atoms with Crippen molar-refractivity contribution in [3.8, 4) is 0 Å². The number of alkyl halides is 1. The Hall–Kier alpha value is 0.160. The average molecular weight is 271 g/mol. The molecule has 0 radical (unpaired) electrons. The predicted octanol–water partition coefficient (Wildman–Crippen LogP) is 1.12. The Morgan fingerprint density at radius 1 is 1.31 bits per heavy atom. The van der Waals surface area contributed by atoms with Gasteiger partial charge in [-0.2, -0.15) is 0 Å². The standard InChI is InChI=1S/C10H23ClN2O2S/c1-9(2)7-10(8-13(3)4)12-16(14,15)6-5-11/h9-10,12H,5-8H2,1-4H3. The van der Waals surface area contributed by atoms with Gasteiger partial charge in [-0.3, -0.25) is 0 Å². The molecule has 0 heterocycles. The van der Waals surface area contributed by atoms with E-state index in [-0.39, 0.29) is 17.7 Å². The highest BCUT2D eigenvalue weighted by atomic mass is 35.5. The first-order chi connectivity index (χ1) is 7.26. The van der Waals surface area contributed by atoms with E-state index in [9.17, 15) is 8.42 Å². The number of nitrogens with zero attached hydrogens (tertiary/aromatic N) is 1. The van der Waals surface area contributed by atoms with Crippen LogP contribution in [0.2, 0.25) is 0 Å². The number of sulfonamides is 1. The van der Waals surface area contributed by atoms with Crippen LogP contribution in [0.3, 0.4) is 0 Å². The number of rotatable bonds is 8. The molecule has 0 aromatic heterocycles. The van der Waals surface area contributed by atoms with Crippen LogP contribution < -0.4 is 4.72 Å². The summed E-state index contributed by atoms with van der Waals surface area (Å²) in [5.41, 5.74) is 0. The van der Waals surface area contributed by atoms with E-state index in [1.807, 2.05) is 19.0 Å². The molecular weight excluding hydrogens is 248 g/mol. The molecular formula is C10H23ClN2O2S. The van der Waals surface area contributed by atoms with Crippen molar-refractivity contribution in [2.24, 2.45) is 5.92 Å². The van der Waals surface area contributed by atoms with Crippen LogP contribution in [0, 0.1) is 5.92 Å². The van der Waals surface area contributed by atoms with Crippen LogP contribution in [0.25, 0.3) is 0 Å².